The SMILES string of the molecule is CC1(C)SN2C(C(=O)[C@H]2NC(=O)[C@H](N)c2ccccc2)[C@H]1C(=O)OCCCCO[N+](=O)[O-].ONOO. The Morgan fingerprint density at radius 2 is 1.89 bits per heavy atom. The molecule has 1 aromatic rings. The molecule has 6 N–H and O–H groups in total. The monoisotopic (exact) mass is 531 g/mol. The Labute approximate surface area is 210 Å². The van der Waals surface area contributed by atoms with Crippen molar-refractivity contribution in [3.8, 4) is 0 Å². The van der Waals surface area contributed by atoms with Gasteiger partial charge >= 0.3 is 5.97 Å². The van der Waals surface area contributed by atoms with Crippen LogP contribution in [0.15, 0.2) is 30.3 Å². The highest BCUT2D eigenvalue weighted by Gasteiger charge is 2.65. The maximum Gasteiger partial charge on any atom is 0.312 e. The van der Waals surface area contributed by atoms with E-state index in [1.54, 1.807) is 28.6 Å². The highest BCUT2D eigenvalue weighted by Crippen LogP contribution is 2.53. The number of nitrogens with one attached hydrogen (secondary N) is 2. The van der Waals surface area contributed by atoms with Crippen LogP contribution in [0.1, 0.15) is 38.3 Å². The molecule has 3 rings (SSSR count). The molecule has 2 aliphatic rings. The molecule has 2 saturated heterocycles. The number of ether oxygens (including phenoxy) is 1. The Bertz CT molecular complexity index is 919. The molecule has 0 aliphatic carbocycles. The van der Waals surface area contributed by atoms with Crippen LogP contribution in [0.25, 0.3) is 0 Å². The normalized spacial score (nSPS) is 22.8. The molecule has 15 nitrogen and oxygen atoms in total. The molecule has 2 fully saturated rings. The maximum absolute atomic E-state index is 12.8. The van der Waals surface area contributed by atoms with Gasteiger partial charge < -0.3 is 20.6 Å². The van der Waals surface area contributed by atoms with E-state index in [9.17, 15) is 24.5 Å². The number of rotatable bonds is 11. The Morgan fingerprint density at radius 1 is 1.28 bits per heavy atom. The average molecular weight is 532 g/mol. The van der Waals surface area contributed by atoms with Gasteiger partial charge in [-0.25, -0.2) is 9.56 Å². The van der Waals surface area contributed by atoms with Crippen LogP contribution in [0.5, 0.6) is 0 Å². The lowest BCUT2D eigenvalue weighted by atomic mass is 9.80. The van der Waals surface area contributed by atoms with Crippen molar-refractivity contribution in [2.45, 2.75) is 49.7 Å². The molecular formula is C20H29N5O10S. The largest absolute Gasteiger partial charge is 0.465 e. The molecular weight excluding hydrogens is 502 g/mol. The quantitative estimate of drug-likeness (QED) is 0.0650. The first-order valence-corrected chi connectivity index (χ1v) is 11.6. The lowest BCUT2D eigenvalue weighted by Crippen LogP contribution is -2.69. The summed E-state index contributed by atoms with van der Waals surface area (Å²) in [6.07, 6.45) is -0.0943. The van der Waals surface area contributed by atoms with E-state index in [2.05, 4.69) is 15.1 Å². The number of hydrogen-bond donors (Lipinski definition) is 5. The summed E-state index contributed by atoms with van der Waals surface area (Å²) in [4.78, 5) is 55.3. The summed E-state index contributed by atoms with van der Waals surface area (Å²) in [6.45, 7) is 3.68. The summed E-state index contributed by atoms with van der Waals surface area (Å²) in [5.74, 6) is -1.96. The zero-order valence-electron chi connectivity index (χ0n) is 19.6. The van der Waals surface area contributed by atoms with Gasteiger partial charge in [0.25, 0.3) is 5.09 Å². The van der Waals surface area contributed by atoms with Crippen LogP contribution in [0.4, 0.5) is 0 Å². The Morgan fingerprint density at radius 3 is 2.47 bits per heavy atom. The van der Waals surface area contributed by atoms with E-state index in [4.69, 9.17) is 20.9 Å². The van der Waals surface area contributed by atoms with Gasteiger partial charge in [-0.1, -0.05) is 42.3 Å². The zero-order chi connectivity index (χ0) is 26.9. The second kappa shape index (κ2) is 13.4. The number of esters is 1. The van der Waals surface area contributed by atoms with Crippen molar-refractivity contribution < 1.29 is 44.5 Å². The van der Waals surface area contributed by atoms with Crippen LogP contribution in [0.2, 0.25) is 0 Å². The lowest BCUT2D eigenvalue weighted by molar-refractivity contribution is -0.757. The second-order valence-corrected chi connectivity index (χ2v) is 9.95. The van der Waals surface area contributed by atoms with Crippen molar-refractivity contribution in [2.75, 3.05) is 13.2 Å². The number of hydrogen-bond acceptors (Lipinski definition) is 14. The van der Waals surface area contributed by atoms with Gasteiger partial charge in [0.2, 0.25) is 5.91 Å². The van der Waals surface area contributed by atoms with Crippen LogP contribution in [-0.4, -0.2) is 67.7 Å². The summed E-state index contributed by atoms with van der Waals surface area (Å²) in [7, 11) is 0. The average Bonchev–Trinajstić information content (AvgIpc) is 3.12. The number of fused-ring (bicyclic) bond motifs is 1. The lowest BCUT2D eigenvalue weighted by Gasteiger charge is -2.42. The van der Waals surface area contributed by atoms with Gasteiger partial charge in [-0.3, -0.25) is 19.6 Å². The van der Waals surface area contributed by atoms with Gasteiger partial charge in [0.1, 0.15) is 6.04 Å². The van der Waals surface area contributed by atoms with Gasteiger partial charge in [-0.2, -0.15) is 0 Å². The molecule has 36 heavy (non-hydrogen) atoms. The van der Waals surface area contributed by atoms with E-state index < -0.39 is 45.9 Å². The van der Waals surface area contributed by atoms with Crippen molar-refractivity contribution in [2.24, 2.45) is 11.7 Å². The fraction of sp³-hybridized carbons (Fsp3) is 0.550. The predicted octanol–water partition coefficient (Wildman–Crippen LogP) is 0.340. The molecule has 1 amide bonds. The van der Waals surface area contributed by atoms with E-state index in [0.717, 1.165) is 5.64 Å². The third kappa shape index (κ3) is 7.33. The van der Waals surface area contributed by atoms with Gasteiger partial charge in [0, 0.05) is 4.75 Å². The van der Waals surface area contributed by atoms with E-state index in [-0.39, 0.29) is 19.0 Å². The summed E-state index contributed by atoms with van der Waals surface area (Å²) < 4.78 is 6.42. The molecule has 200 valence electrons. The van der Waals surface area contributed by atoms with E-state index in [1.807, 2.05) is 19.9 Å². The fourth-order valence-electron chi connectivity index (χ4n) is 3.81. The second-order valence-electron chi connectivity index (χ2n) is 8.29. The molecule has 0 bridgehead atoms. The summed E-state index contributed by atoms with van der Waals surface area (Å²) >= 11 is 1.33. The summed E-state index contributed by atoms with van der Waals surface area (Å²) in [5.41, 5.74) is 7.63. The van der Waals surface area contributed by atoms with Crippen LogP contribution < -0.4 is 16.7 Å². The molecule has 1 unspecified atom stereocenters. The number of nitrogens with two attached hydrogens (primary N) is 1. The van der Waals surface area contributed by atoms with Crippen LogP contribution >= 0.6 is 11.9 Å². The molecule has 2 heterocycles. The molecule has 0 aromatic heterocycles. The Balaban J connectivity index is 0.00000106. The maximum atomic E-state index is 12.8. The minimum absolute atomic E-state index is 0.0727. The van der Waals surface area contributed by atoms with Gasteiger partial charge in [-0.15, -0.1) is 15.1 Å². The van der Waals surface area contributed by atoms with Crippen LogP contribution in [0, 0.1) is 16.0 Å². The number of benzene rings is 1. The van der Waals surface area contributed by atoms with Crippen molar-refractivity contribution in [3.05, 3.63) is 46.0 Å². The number of amides is 1. The Hall–Kier alpha value is -2.86. The van der Waals surface area contributed by atoms with Gasteiger partial charge in [0.05, 0.1) is 25.2 Å². The summed E-state index contributed by atoms with van der Waals surface area (Å²) in [6, 6.07) is 7.23. The number of ketones is 1. The molecule has 2 aliphatic heterocycles. The molecule has 1 aromatic carbocycles. The molecule has 0 saturated carbocycles. The highest BCUT2D eigenvalue weighted by atomic mass is 32.2. The van der Waals surface area contributed by atoms with Gasteiger partial charge in [0.15, 0.2) is 11.9 Å². The summed E-state index contributed by atoms with van der Waals surface area (Å²) in [5, 5.41) is 26.1. The first kappa shape index (κ1) is 29.4. The first-order chi connectivity index (χ1) is 17.0. The van der Waals surface area contributed by atoms with E-state index in [0.29, 0.717) is 18.4 Å². The standard InChI is InChI=1S/C20H26N4O7S.H3NO3/c1-20(2)13(19(27)30-10-6-7-11-31-24(28)29)15-16(25)17(23(15)32-20)22-18(26)14(21)12-8-4-3-5-9-12;2-1-4-3/h3-5,8-9,13-15,17H,6-7,10-11,21H2,1-2H3,(H,22,26);1-3H/t13-,14+,15?,17-;/m0./s1. The molecule has 16 heteroatoms. The number of unbranched alkanes of at least 4 members (excludes halogenated alkanes) is 1. The third-order valence-corrected chi connectivity index (χ3v) is 6.86. The zero-order valence-corrected chi connectivity index (χ0v) is 20.4. The van der Waals surface area contributed by atoms with E-state index >= 15 is 0 Å². The molecule has 0 spiro atoms. The highest BCUT2D eigenvalue weighted by molar-refractivity contribution is 7.98. The molecule has 0 radical (unpaired) electrons. The topological polar surface area (TPSA) is 216 Å². The van der Waals surface area contributed by atoms with Crippen LogP contribution in [0.3, 0.4) is 0 Å². The minimum Gasteiger partial charge on any atom is -0.465 e. The van der Waals surface area contributed by atoms with Crippen LogP contribution in [-0.2, 0) is 28.9 Å². The number of carbonyl (C=O) groups excluding carboxylic acids is 3. The fourth-order valence-corrected chi connectivity index (χ4v) is 5.29. The minimum atomic E-state index is -0.913. The van der Waals surface area contributed by atoms with Crippen molar-refractivity contribution in [1.29, 1.82) is 0 Å². The molecule has 4 atom stereocenters. The smallest absolute Gasteiger partial charge is 0.312 e. The van der Waals surface area contributed by atoms with Crippen molar-refractivity contribution >= 4 is 29.6 Å². The predicted molar refractivity (Wildman–Crippen MR) is 123 cm³/mol. The number of Topliss-reactive ketones (excluding diaryl/α,β-unsaturated/α-hetero) is 1. The number of nitrogens with zero attached hydrogens (tertiary/aromatic N) is 2. The third-order valence-electron chi connectivity index (χ3n) is 5.49. The number of carbonyl (C=O) groups is 3. The first-order valence-electron chi connectivity index (χ1n) is 10.8. The van der Waals surface area contributed by atoms with Crippen molar-refractivity contribution in [3.63, 3.8) is 0 Å². The van der Waals surface area contributed by atoms with Gasteiger partial charge in [-0.05, 0) is 37.9 Å². The van der Waals surface area contributed by atoms with Crippen molar-refractivity contribution in [1.82, 2.24) is 15.3 Å². The van der Waals surface area contributed by atoms with E-state index in [1.165, 1.54) is 11.9 Å². The Kier molecular flexibility index (Phi) is 11.0.